The number of rotatable bonds is 3. The first kappa shape index (κ1) is 7.39. The lowest BCUT2D eigenvalue weighted by Gasteiger charge is -2.01. The number of hydrogen-bond acceptors (Lipinski definition) is 3. The summed E-state index contributed by atoms with van der Waals surface area (Å²) in [6.07, 6.45) is 0.468. The number of carbonyl (C=O) groups excluding carboxylic acids is 1. The van der Waals surface area contributed by atoms with Crippen LogP contribution in [0.25, 0.3) is 0 Å². The Morgan fingerprint density at radius 1 is 1.62 bits per heavy atom. The summed E-state index contributed by atoms with van der Waals surface area (Å²) >= 11 is 0. The van der Waals surface area contributed by atoms with Gasteiger partial charge in [0.1, 0.15) is 0 Å². The minimum Gasteiger partial charge on any atom is -0.368 e. The van der Waals surface area contributed by atoms with Crippen LogP contribution < -0.4 is 17.2 Å². The van der Waals surface area contributed by atoms with Gasteiger partial charge in [0, 0.05) is 0 Å². The van der Waals surface area contributed by atoms with Gasteiger partial charge in [-0.1, -0.05) is 0 Å². The van der Waals surface area contributed by atoms with Crippen molar-refractivity contribution in [2.24, 2.45) is 17.2 Å². The van der Waals surface area contributed by atoms with Gasteiger partial charge in [0.05, 0.1) is 6.04 Å². The predicted octanol–water partition coefficient (Wildman–Crippen LogP) is -1.85. The van der Waals surface area contributed by atoms with E-state index in [1.54, 1.807) is 0 Å². The summed E-state index contributed by atoms with van der Waals surface area (Å²) in [5, 5.41) is 0. The number of hydrogen-bond donors (Lipinski definition) is 3. The summed E-state index contributed by atoms with van der Waals surface area (Å²) < 4.78 is 0. The van der Waals surface area contributed by atoms with Crippen molar-refractivity contribution in [2.75, 3.05) is 6.54 Å². The van der Waals surface area contributed by atoms with E-state index < -0.39 is 11.9 Å². The highest BCUT2D eigenvalue weighted by Crippen LogP contribution is 1.80. The van der Waals surface area contributed by atoms with Crippen LogP contribution in [-0.4, -0.2) is 18.5 Å². The quantitative estimate of drug-likeness (QED) is 0.405. The van der Waals surface area contributed by atoms with Gasteiger partial charge in [0.2, 0.25) is 5.91 Å². The standard InChI is InChI=1S/C4H11N3O/c5-2-1-3(6)4(7)8/h3H,1-2,5-6H2,(H2,7,8)/t3-/m1/s1. The van der Waals surface area contributed by atoms with E-state index in [1.807, 2.05) is 0 Å². The van der Waals surface area contributed by atoms with Gasteiger partial charge in [-0.05, 0) is 13.0 Å². The summed E-state index contributed by atoms with van der Waals surface area (Å²) in [6.45, 7) is 0.407. The lowest BCUT2D eigenvalue weighted by atomic mass is 10.2. The summed E-state index contributed by atoms with van der Waals surface area (Å²) in [5.74, 6) is -0.490. The smallest absolute Gasteiger partial charge is 0.234 e. The Morgan fingerprint density at radius 3 is 2.25 bits per heavy atom. The zero-order valence-corrected chi connectivity index (χ0v) is 4.63. The molecule has 8 heavy (non-hydrogen) atoms. The Morgan fingerprint density at radius 2 is 2.12 bits per heavy atom. The van der Waals surface area contributed by atoms with Crippen molar-refractivity contribution >= 4 is 5.91 Å². The zero-order chi connectivity index (χ0) is 6.57. The first-order valence-corrected chi connectivity index (χ1v) is 2.43. The number of amides is 1. The van der Waals surface area contributed by atoms with E-state index in [4.69, 9.17) is 17.2 Å². The molecule has 0 aliphatic carbocycles. The molecule has 0 aromatic carbocycles. The molecule has 0 saturated heterocycles. The normalized spacial score (nSPS) is 13.2. The molecule has 4 nitrogen and oxygen atoms in total. The third kappa shape index (κ3) is 2.54. The average Bonchev–Trinajstić information content (AvgIpc) is 1.67. The third-order valence-corrected chi connectivity index (χ3v) is 0.843. The molecule has 0 spiro atoms. The molecule has 0 aliphatic heterocycles. The van der Waals surface area contributed by atoms with Crippen LogP contribution >= 0.6 is 0 Å². The van der Waals surface area contributed by atoms with Crippen molar-refractivity contribution in [3.8, 4) is 0 Å². The van der Waals surface area contributed by atoms with Crippen molar-refractivity contribution in [3.05, 3.63) is 0 Å². The predicted molar refractivity (Wildman–Crippen MR) is 30.8 cm³/mol. The van der Waals surface area contributed by atoms with Crippen LogP contribution in [0.4, 0.5) is 0 Å². The maximum atomic E-state index is 10.1. The Labute approximate surface area is 48.0 Å². The maximum Gasteiger partial charge on any atom is 0.234 e. The Hall–Kier alpha value is -0.610. The minimum absolute atomic E-state index is 0.407. The highest BCUT2D eigenvalue weighted by molar-refractivity contribution is 5.79. The van der Waals surface area contributed by atoms with Crippen LogP contribution in [0.1, 0.15) is 6.42 Å². The second-order valence-electron chi connectivity index (χ2n) is 1.59. The molecule has 48 valence electrons. The molecule has 6 N–H and O–H groups in total. The van der Waals surface area contributed by atoms with E-state index in [2.05, 4.69) is 0 Å². The van der Waals surface area contributed by atoms with E-state index in [0.29, 0.717) is 13.0 Å². The summed E-state index contributed by atoms with van der Waals surface area (Å²) in [7, 11) is 0. The maximum absolute atomic E-state index is 10.1. The number of nitrogens with two attached hydrogens (primary N) is 3. The SMILES string of the molecule is NCC[C@@H](N)C(N)=O. The molecule has 0 rings (SSSR count). The summed E-state index contributed by atoms with van der Waals surface area (Å²) in [6, 6.07) is -0.569. The Balaban J connectivity index is 3.32. The van der Waals surface area contributed by atoms with Gasteiger partial charge in [-0.25, -0.2) is 0 Å². The van der Waals surface area contributed by atoms with Crippen LogP contribution in [0.3, 0.4) is 0 Å². The molecule has 0 radical (unpaired) electrons. The average molecular weight is 117 g/mol. The van der Waals surface area contributed by atoms with E-state index in [0.717, 1.165) is 0 Å². The lowest BCUT2D eigenvalue weighted by molar-refractivity contribution is -0.119. The van der Waals surface area contributed by atoms with Gasteiger partial charge in [0.15, 0.2) is 0 Å². The van der Waals surface area contributed by atoms with Gasteiger partial charge in [0.25, 0.3) is 0 Å². The fraction of sp³-hybridized carbons (Fsp3) is 0.750. The van der Waals surface area contributed by atoms with E-state index in [9.17, 15) is 4.79 Å². The highest BCUT2D eigenvalue weighted by atomic mass is 16.1. The molecule has 0 aromatic rings. The van der Waals surface area contributed by atoms with Crippen LogP contribution in [0, 0.1) is 0 Å². The monoisotopic (exact) mass is 117 g/mol. The van der Waals surface area contributed by atoms with Crippen LogP contribution in [0.5, 0.6) is 0 Å². The summed E-state index contributed by atoms with van der Waals surface area (Å²) in [4.78, 5) is 10.1. The third-order valence-electron chi connectivity index (χ3n) is 0.843. The first-order valence-electron chi connectivity index (χ1n) is 2.43. The fourth-order valence-electron chi connectivity index (χ4n) is 0.322. The van der Waals surface area contributed by atoms with Crippen molar-refractivity contribution in [2.45, 2.75) is 12.5 Å². The second-order valence-corrected chi connectivity index (χ2v) is 1.59. The van der Waals surface area contributed by atoms with Crippen molar-refractivity contribution < 1.29 is 4.79 Å². The first-order chi connectivity index (χ1) is 3.68. The molecule has 1 amide bonds. The molecule has 4 heteroatoms. The van der Waals surface area contributed by atoms with Crippen molar-refractivity contribution in [3.63, 3.8) is 0 Å². The van der Waals surface area contributed by atoms with Gasteiger partial charge >= 0.3 is 0 Å². The Bertz CT molecular complexity index is 83.4. The topological polar surface area (TPSA) is 95.1 Å². The van der Waals surface area contributed by atoms with Gasteiger partial charge in [-0.2, -0.15) is 0 Å². The fourth-order valence-corrected chi connectivity index (χ4v) is 0.322. The van der Waals surface area contributed by atoms with Crippen molar-refractivity contribution in [1.82, 2.24) is 0 Å². The molecule has 0 saturated carbocycles. The van der Waals surface area contributed by atoms with Crippen LogP contribution in [0.2, 0.25) is 0 Å². The Kier molecular flexibility index (Phi) is 3.14. The molecule has 1 atom stereocenters. The molecule has 0 fully saturated rings. The number of primary amides is 1. The van der Waals surface area contributed by atoms with Crippen molar-refractivity contribution in [1.29, 1.82) is 0 Å². The van der Waals surface area contributed by atoms with Gasteiger partial charge < -0.3 is 17.2 Å². The van der Waals surface area contributed by atoms with E-state index in [1.165, 1.54) is 0 Å². The second kappa shape index (κ2) is 3.40. The largest absolute Gasteiger partial charge is 0.368 e. The van der Waals surface area contributed by atoms with E-state index in [-0.39, 0.29) is 0 Å². The molecule has 0 bridgehead atoms. The molecular formula is C4H11N3O. The van der Waals surface area contributed by atoms with Crippen LogP contribution in [0.15, 0.2) is 0 Å². The zero-order valence-electron chi connectivity index (χ0n) is 4.63. The summed E-state index contributed by atoms with van der Waals surface area (Å²) in [5.41, 5.74) is 15.1. The van der Waals surface area contributed by atoms with E-state index >= 15 is 0 Å². The van der Waals surface area contributed by atoms with Gasteiger partial charge in [-0.3, -0.25) is 4.79 Å². The molecular weight excluding hydrogens is 106 g/mol. The van der Waals surface area contributed by atoms with Gasteiger partial charge in [-0.15, -0.1) is 0 Å². The molecule has 0 heterocycles. The molecule has 0 aromatic heterocycles. The molecule has 0 aliphatic rings. The van der Waals surface area contributed by atoms with Crippen LogP contribution in [-0.2, 0) is 4.79 Å². The highest BCUT2D eigenvalue weighted by Gasteiger charge is 2.05. The molecule has 0 unspecified atom stereocenters. The lowest BCUT2D eigenvalue weighted by Crippen LogP contribution is -2.37. The number of carbonyl (C=O) groups is 1. The minimum atomic E-state index is -0.569.